The summed E-state index contributed by atoms with van der Waals surface area (Å²) in [4.78, 5) is 8.04. The zero-order valence-corrected chi connectivity index (χ0v) is 12.2. The van der Waals surface area contributed by atoms with E-state index >= 15 is 0 Å². The van der Waals surface area contributed by atoms with Gasteiger partial charge in [0.1, 0.15) is 5.82 Å². The fourth-order valence-electron chi connectivity index (χ4n) is 3.17. The van der Waals surface area contributed by atoms with Crippen LogP contribution in [0.4, 0.5) is 0 Å². The molecule has 1 saturated carbocycles. The molecule has 1 aliphatic heterocycles. The van der Waals surface area contributed by atoms with Gasteiger partial charge in [0.05, 0.1) is 30.8 Å². The average molecular weight is 287 g/mol. The van der Waals surface area contributed by atoms with Crippen LogP contribution in [0.5, 0.6) is 11.5 Å². The fourth-order valence-corrected chi connectivity index (χ4v) is 3.17. The Morgan fingerprint density at radius 2 is 1.86 bits per heavy atom. The Kier molecular flexibility index (Phi) is 3.43. The molecule has 2 aromatic rings. The first-order chi connectivity index (χ1) is 10.4. The van der Waals surface area contributed by atoms with E-state index in [-0.39, 0.29) is 0 Å². The summed E-state index contributed by atoms with van der Waals surface area (Å²) in [5.41, 5.74) is 1.96. The van der Waals surface area contributed by atoms with Crippen molar-refractivity contribution in [3.05, 3.63) is 18.0 Å². The van der Waals surface area contributed by atoms with Crippen LogP contribution < -0.4 is 14.8 Å². The van der Waals surface area contributed by atoms with Gasteiger partial charge in [0.2, 0.25) is 0 Å². The first kappa shape index (κ1) is 13.0. The molecule has 0 radical (unpaired) electrons. The summed E-state index contributed by atoms with van der Waals surface area (Å²) in [5, 5.41) is 3.58. The number of hydrogen-bond donors (Lipinski definition) is 2. The summed E-state index contributed by atoms with van der Waals surface area (Å²) in [6.45, 7) is 2.22. The fraction of sp³-hybridized carbons (Fsp3) is 0.562. The monoisotopic (exact) mass is 287 g/mol. The van der Waals surface area contributed by atoms with Crippen molar-refractivity contribution in [2.45, 2.75) is 44.7 Å². The third-order valence-corrected chi connectivity index (χ3v) is 4.31. The summed E-state index contributed by atoms with van der Waals surface area (Å²) in [6, 6.07) is 4.63. The van der Waals surface area contributed by atoms with Gasteiger partial charge >= 0.3 is 0 Å². The predicted octanol–water partition coefficient (Wildman–Crippen LogP) is 2.76. The molecule has 1 aromatic heterocycles. The molecule has 1 fully saturated rings. The second-order valence-electron chi connectivity index (χ2n) is 5.91. The van der Waals surface area contributed by atoms with Gasteiger partial charge in [0.25, 0.3) is 0 Å². The van der Waals surface area contributed by atoms with Crippen molar-refractivity contribution >= 4 is 11.0 Å². The van der Waals surface area contributed by atoms with E-state index in [4.69, 9.17) is 9.47 Å². The number of imidazole rings is 1. The molecule has 0 saturated heterocycles. The number of benzene rings is 1. The van der Waals surface area contributed by atoms with Gasteiger partial charge < -0.3 is 19.8 Å². The van der Waals surface area contributed by atoms with Crippen LogP contribution in [-0.2, 0) is 6.54 Å². The zero-order chi connectivity index (χ0) is 14.1. The third kappa shape index (κ3) is 2.70. The molecule has 2 aliphatic rings. The number of aromatic amines is 1. The predicted molar refractivity (Wildman–Crippen MR) is 80.8 cm³/mol. The van der Waals surface area contributed by atoms with Crippen LogP contribution in [-0.4, -0.2) is 29.2 Å². The summed E-state index contributed by atoms with van der Waals surface area (Å²) in [5.74, 6) is 2.61. The van der Waals surface area contributed by atoms with Crippen molar-refractivity contribution in [2.24, 2.45) is 0 Å². The van der Waals surface area contributed by atoms with Gasteiger partial charge in [-0.25, -0.2) is 4.98 Å². The van der Waals surface area contributed by atoms with Gasteiger partial charge in [0.15, 0.2) is 11.5 Å². The number of fused-ring (bicyclic) bond motifs is 2. The molecule has 0 spiro atoms. The van der Waals surface area contributed by atoms with Gasteiger partial charge in [-0.15, -0.1) is 0 Å². The maximum atomic E-state index is 5.72. The van der Waals surface area contributed by atoms with E-state index < -0.39 is 0 Å². The molecule has 0 atom stereocenters. The molecule has 0 unspecified atom stereocenters. The first-order valence-corrected chi connectivity index (χ1v) is 7.90. The number of hydrogen-bond acceptors (Lipinski definition) is 4. The van der Waals surface area contributed by atoms with Crippen molar-refractivity contribution in [1.29, 1.82) is 0 Å². The largest absolute Gasteiger partial charge is 0.489 e. The van der Waals surface area contributed by atoms with Crippen LogP contribution in [0.15, 0.2) is 12.1 Å². The number of ether oxygens (including phenoxy) is 2. The van der Waals surface area contributed by atoms with Crippen LogP contribution in [0.3, 0.4) is 0 Å². The van der Waals surface area contributed by atoms with Gasteiger partial charge in [-0.3, -0.25) is 0 Å². The molecule has 2 heterocycles. The van der Waals surface area contributed by atoms with Crippen molar-refractivity contribution < 1.29 is 9.47 Å². The second-order valence-corrected chi connectivity index (χ2v) is 5.91. The molecule has 1 aromatic carbocycles. The Balaban J connectivity index is 1.54. The Morgan fingerprint density at radius 1 is 1.10 bits per heavy atom. The Hall–Kier alpha value is -1.75. The lowest BCUT2D eigenvalue weighted by atomic mass is 10.2. The number of H-pyrrole nitrogens is 1. The molecule has 112 valence electrons. The Labute approximate surface area is 124 Å². The SMILES string of the molecule is c1c2c(cc3[nH]c(CNC4CCCC4)nc13)OCCCO2. The summed E-state index contributed by atoms with van der Waals surface area (Å²) in [6.07, 6.45) is 6.19. The van der Waals surface area contributed by atoms with Crippen molar-refractivity contribution in [1.82, 2.24) is 15.3 Å². The molecule has 0 bridgehead atoms. The number of rotatable bonds is 3. The van der Waals surface area contributed by atoms with E-state index in [2.05, 4.69) is 15.3 Å². The minimum absolute atomic E-state index is 0.654. The lowest BCUT2D eigenvalue weighted by Crippen LogP contribution is -2.25. The topological polar surface area (TPSA) is 59.2 Å². The van der Waals surface area contributed by atoms with Crippen molar-refractivity contribution in [3.63, 3.8) is 0 Å². The molecule has 0 amide bonds. The normalized spacial score (nSPS) is 19.0. The van der Waals surface area contributed by atoms with Gasteiger partial charge in [-0.05, 0) is 12.8 Å². The van der Waals surface area contributed by atoms with Crippen LogP contribution in [0.1, 0.15) is 37.9 Å². The molecule has 1 aliphatic carbocycles. The van der Waals surface area contributed by atoms with Gasteiger partial charge in [-0.1, -0.05) is 12.8 Å². The minimum Gasteiger partial charge on any atom is -0.489 e. The number of nitrogens with one attached hydrogen (secondary N) is 2. The number of nitrogens with zero attached hydrogens (tertiary/aromatic N) is 1. The molecule has 4 rings (SSSR count). The van der Waals surface area contributed by atoms with Crippen LogP contribution in [0.2, 0.25) is 0 Å². The average Bonchev–Trinajstić information content (AvgIpc) is 3.07. The smallest absolute Gasteiger partial charge is 0.163 e. The van der Waals surface area contributed by atoms with Gasteiger partial charge in [-0.2, -0.15) is 0 Å². The lowest BCUT2D eigenvalue weighted by Gasteiger charge is -2.09. The van der Waals surface area contributed by atoms with E-state index in [9.17, 15) is 0 Å². The van der Waals surface area contributed by atoms with Crippen LogP contribution in [0.25, 0.3) is 11.0 Å². The molecular formula is C16H21N3O2. The highest BCUT2D eigenvalue weighted by atomic mass is 16.5. The molecule has 5 nitrogen and oxygen atoms in total. The van der Waals surface area contributed by atoms with Crippen molar-refractivity contribution in [2.75, 3.05) is 13.2 Å². The summed E-state index contributed by atoms with van der Waals surface area (Å²) < 4.78 is 11.4. The maximum absolute atomic E-state index is 5.72. The minimum atomic E-state index is 0.654. The highest BCUT2D eigenvalue weighted by Gasteiger charge is 2.16. The van der Waals surface area contributed by atoms with E-state index in [0.29, 0.717) is 19.3 Å². The summed E-state index contributed by atoms with van der Waals surface area (Å²) in [7, 11) is 0. The van der Waals surface area contributed by atoms with Crippen LogP contribution in [0, 0.1) is 0 Å². The van der Waals surface area contributed by atoms with Crippen molar-refractivity contribution in [3.8, 4) is 11.5 Å². The van der Waals surface area contributed by atoms with E-state index in [1.807, 2.05) is 12.1 Å². The third-order valence-electron chi connectivity index (χ3n) is 4.31. The molecule has 21 heavy (non-hydrogen) atoms. The quantitative estimate of drug-likeness (QED) is 0.911. The van der Waals surface area contributed by atoms with Gasteiger partial charge in [0, 0.05) is 24.6 Å². The highest BCUT2D eigenvalue weighted by Crippen LogP contribution is 2.33. The maximum Gasteiger partial charge on any atom is 0.163 e. The Bertz CT molecular complexity index is 589. The molecule has 2 N–H and O–H groups in total. The lowest BCUT2D eigenvalue weighted by molar-refractivity contribution is 0.297. The highest BCUT2D eigenvalue weighted by molar-refractivity contribution is 5.79. The second kappa shape index (κ2) is 5.56. The van der Waals surface area contributed by atoms with E-state index in [0.717, 1.165) is 41.3 Å². The van der Waals surface area contributed by atoms with E-state index in [1.54, 1.807) is 0 Å². The first-order valence-electron chi connectivity index (χ1n) is 7.90. The zero-order valence-electron chi connectivity index (χ0n) is 12.2. The van der Waals surface area contributed by atoms with Crippen LogP contribution >= 0.6 is 0 Å². The molecule has 5 heteroatoms. The number of aromatic nitrogens is 2. The van der Waals surface area contributed by atoms with E-state index in [1.165, 1.54) is 25.7 Å². The Morgan fingerprint density at radius 3 is 2.67 bits per heavy atom. The summed E-state index contributed by atoms with van der Waals surface area (Å²) >= 11 is 0. The molecular weight excluding hydrogens is 266 g/mol. The standard InChI is InChI=1S/C16H21N3O2/c1-2-5-11(4-1)17-10-16-18-12-8-14-15(9-13(12)19-16)21-7-3-6-20-14/h8-9,11,17H,1-7,10H2,(H,18,19).